The fraction of sp³-hybridized carbons (Fsp3) is 0.600. The lowest BCUT2D eigenvalue weighted by Gasteiger charge is -2.24. The first-order valence-electron chi connectivity index (χ1n) is 7.41. The molecule has 0 saturated carbocycles. The third-order valence-electron chi connectivity index (χ3n) is 3.30. The van der Waals surface area contributed by atoms with Gasteiger partial charge in [0.1, 0.15) is 0 Å². The van der Waals surface area contributed by atoms with Crippen molar-refractivity contribution in [2.24, 2.45) is 0 Å². The number of hydrogen-bond donors (Lipinski definition) is 1. The van der Waals surface area contributed by atoms with E-state index < -0.39 is 4.92 Å². The lowest BCUT2D eigenvalue weighted by atomic mass is 10.2. The molecule has 0 fully saturated rings. The van der Waals surface area contributed by atoms with Crippen molar-refractivity contribution in [1.29, 1.82) is 0 Å². The van der Waals surface area contributed by atoms with Gasteiger partial charge in [0.05, 0.1) is 11.5 Å². The van der Waals surface area contributed by atoms with Crippen LogP contribution in [0.4, 0.5) is 11.4 Å². The van der Waals surface area contributed by atoms with Crippen LogP contribution in [-0.2, 0) is 0 Å². The number of nitrogens with one attached hydrogen (secondary N) is 1. The quantitative estimate of drug-likeness (QED) is 0.560. The van der Waals surface area contributed by atoms with Crippen molar-refractivity contribution in [3.05, 3.63) is 28.3 Å². The highest BCUT2D eigenvalue weighted by atomic mass is 16.6. The van der Waals surface area contributed by atoms with Crippen molar-refractivity contribution in [2.45, 2.75) is 33.7 Å². The second-order valence-corrected chi connectivity index (χ2v) is 4.90. The molecule has 1 unspecified atom stereocenters. The molecular weight excluding hydrogens is 270 g/mol. The Morgan fingerprint density at radius 2 is 2.00 bits per heavy atom. The Morgan fingerprint density at radius 3 is 2.52 bits per heavy atom. The maximum Gasteiger partial charge on any atom is 0.311 e. The van der Waals surface area contributed by atoms with Gasteiger partial charge in [-0.15, -0.1) is 0 Å². The molecule has 0 radical (unpaired) electrons. The second kappa shape index (κ2) is 8.46. The highest BCUT2D eigenvalue weighted by Crippen LogP contribution is 2.30. The van der Waals surface area contributed by atoms with E-state index in [9.17, 15) is 10.1 Å². The van der Waals surface area contributed by atoms with Crippen molar-refractivity contribution in [2.75, 3.05) is 31.6 Å². The molecule has 21 heavy (non-hydrogen) atoms. The maximum absolute atomic E-state index is 11.0. The van der Waals surface area contributed by atoms with Gasteiger partial charge >= 0.3 is 5.69 Å². The molecule has 6 nitrogen and oxygen atoms in total. The molecular formula is C15H25N3O3. The van der Waals surface area contributed by atoms with E-state index in [-0.39, 0.29) is 11.7 Å². The lowest BCUT2D eigenvalue weighted by Crippen LogP contribution is -2.34. The molecule has 118 valence electrons. The van der Waals surface area contributed by atoms with Gasteiger partial charge in [0, 0.05) is 30.4 Å². The number of nitro groups is 1. The fourth-order valence-electron chi connectivity index (χ4n) is 2.23. The monoisotopic (exact) mass is 295 g/mol. The van der Waals surface area contributed by atoms with Crippen LogP contribution in [0.15, 0.2) is 18.2 Å². The first kappa shape index (κ1) is 17.2. The van der Waals surface area contributed by atoms with E-state index in [2.05, 4.69) is 31.0 Å². The van der Waals surface area contributed by atoms with Crippen LogP contribution in [0.25, 0.3) is 0 Å². The zero-order valence-electron chi connectivity index (χ0n) is 13.3. The van der Waals surface area contributed by atoms with Crippen molar-refractivity contribution in [3.63, 3.8) is 0 Å². The summed E-state index contributed by atoms with van der Waals surface area (Å²) >= 11 is 0. The number of anilines is 1. The van der Waals surface area contributed by atoms with Crippen molar-refractivity contribution in [1.82, 2.24) is 4.90 Å². The first-order valence-corrected chi connectivity index (χ1v) is 7.41. The zero-order chi connectivity index (χ0) is 15.8. The number of ether oxygens (including phenoxy) is 1. The minimum atomic E-state index is -0.423. The van der Waals surface area contributed by atoms with E-state index in [0.29, 0.717) is 12.4 Å². The van der Waals surface area contributed by atoms with E-state index in [0.717, 1.165) is 25.3 Å². The molecule has 1 aromatic carbocycles. The molecule has 0 aliphatic carbocycles. The Bertz CT molecular complexity index is 461. The lowest BCUT2D eigenvalue weighted by molar-refractivity contribution is -0.385. The maximum atomic E-state index is 11.0. The van der Waals surface area contributed by atoms with Crippen LogP contribution in [0.2, 0.25) is 0 Å². The SMILES string of the molecule is CCOc1cc(NC(C)CN(CC)CC)ccc1[N+](=O)[O-]. The molecule has 0 aliphatic heterocycles. The van der Waals surface area contributed by atoms with Crippen LogP contribution in [0.3, 0.4) is 0 Å². The van der Waals surface area contributed by atoms with Gasteiger partial charge < -0.3 is 15.0 Å². The summed E-state index contributed by atoms with van der Waals surface area (Å²) in [7, 11) is 0. The summed E-state index contributed by atoms with van der Waals surface area (Å²) in [6, 6.07) is 5.15. The van der Waals surface area contributed by atoms with Gasteiger partial charge in [-0.05, 0) is 33.0 Å². The van der Waals surface area contributed by atoms with Gasteiger partial charge in [0.25, 0.3) is 0 Å². The summed E-state index contributed by atoms with van der Waals surface area (Å²) < 4.78 is 5.35. The molecule has 6 heteroatoms. The molecule has 0 saturated heterocycles. The fourth-order valence-corrected chi connectivity index (χ4v) is 2.23. The van der Waals surface area contributed by atoms with E-state index in [1.54, 1.807) is 12.1 Å². The molecule has 1 aromatic rings. The van der Waals surface area contributed by atoms with Crippen LogP contribution in [0, 0.1) is 10.1 Å². The summed E-state index contributed by atoms with van der Waals surface area (Å²) in [5, 5.41) is 14.3. The highest BCUT2D eigenvalue weighted by molar-refractivity contribution is 5.58. The smallest absolute Gasteiger partial charge is 0.311 e. The van der Waals surface area contributed by atoms with E-state index in [4.69, 9.17) is 4.74 Å². The third kappa shape index (κ3) is 5.23. The van der Waals surface area contributed by atoms with Gasteiger partial charge in [-0.3, -0.25) is 10.1 Å². The Balaban J connectivity index is 2.79. The predicted molar refractivity (Wildman–Crippen MR) is 85.1 cm³/mol. The minimum absolute atomic E-state index is 0.00111. The average molecular weight is 295 g/mol. The van der Waals surface area contributed by atoms with Crippen molar-refractivity contribution < 1.29 is 9.66 Å². The minimum Gasteiger partial charge on any atom is -0.487 e. The van der Waals surface area contributed by atoms with Gasteiger partial charge in [-0.2, -0.15) is 0 Å². The molecule has 1 atom stereocenters. The standard InChI is InChI=1S/C15H25N3O3/c1-5-17(6-2)11-12(4)16-13-8-9-14(18(19)20)15(10-13)21-7-3/h8-10,12,16H,5-7,11H2,1-4H3. The summed E-state index contributed by atoms with van der Waals surface area (Å²) in [6.45, 7) is 11.5. The van der Waals surface area contributed by atoms with E-state index >= 15 is 0 Å². The molecule has 0 heterocycles. The van der Waals surface area contributed by atoms with E-state index in [1.165, 1.54) is 6.07 Å². The van der Waals surface area contributed by atoms with Crippen LogP contribution in [-0.4, -0.2) is 42.1 Å². The molecule has 1 rings (SSSR count). The van der Waals surface area contributed by atoms with Gasteiger partial charge in [-0.1, -0.05) is 13.8 Å². The summed E-state index contributed by atoms with van der Waals surface area (Å²) in [5.41, 5.74) is 0.836. The van der Waals surface area contributed by atoms with Gasteiger partial charge in [0.2, 0.25) is 0 Å². The van der Waals surface area contributed by atoms with Gasteiger partial charge in [-0.25, -0.2) is 0 Å². The zero-order valence-corrected chi connectivity index (χ0v) is 13.3. The number of likely N-dealkylation sites (N-methyl/N-ethyl adjacent to an activating group) is 1. The molecule has 1 N–H and O–H groups in total. The van der Waals surface area contributed by atoms with Crippen LogP contribution < -0.4 is 10.1 Å². The summed E-state index contributed by atoms with van der Waals surface area (Å²) in [6.07, 6.45) is 0. The van der Waals surface area contributed by atoms with Gasteiger partial charge in [0.15, 0.2) is 5.75 Å². The summed E-state index contributed by atoms with van der Waals surface area (Å²) in [4.78, 5) is 12.9. The van der Waals surface area contributed by atoms with Crippen LogP contribution in [0.5, 0.6) is 5.75 Å². The molecule has 0 aromatic heterocycles. The number of hydrogen-bond acceptors (Lipinski definition) is 5. The molecule has 0 spiro atoms. The van der Waals surface area contributed by atoms with E-state index in [1.807, 2.05) is 6.92 Å². The topological polar surface area (TPSA) is 67.6 Å². The largest absolute Gasteiger partial charge is 0.487 e. The number of rotatable bonds is 9. The molecule has 0 aliphatic rings. The van der Waals surface area contributed by atoms with Crippen molar-refractivity contribution >= 4 is 11.4 Å². The molecule has 0 bridgehead atoms. The molecule has 0 amide bonds. The van der Waals surface area contributed by atoms with Crippen LogP contribution >= 0.6 is 0 Å². The average Bonchev–Trinajstić information content (AvgIpc) is 2.45. The number of nitro benzene ring substituents is 1. The number of benzene rings is 1. The first-order chi connectivity index (χ1) is 10.0. The second-order valence-electron chi connectivity index (χ2n) is 4.90. The van der Waals surface area contributed by atoms with Crippen molar-refractivity contribution in [3.8, 4) is 5.75 Å². The predicted octanol–water partition coefficient (Wildman–Crippen LogP) is 3.14. The van der Waals surface area contributed by atoms with Crippen LogP contribution in [0.1, 0.15) is 27.7 Å². The Kier molecular flexibility index (Phi) is 6.94. The summed E-state index contributed by atoms with van der Waals surface area (Å²) in [5.74, 6) is 0.308. The Labute approximate surface area is 126 Å². The number of nitrogens with zero attached hydrogens (tertiary/aromatic N) is 2. The Hall–Kier alpha value is -1.82. The highest BCUT2D eigenvalue weighted by Gasteiger charge is 2.16. The normalized spacial score (nSPS) is 12.2. The third-order valence-corrected chi connectivity index (χ3v) is 3.30. The Morgan fingerprint density at radius 1 is 1.33 bits per heavy atom.